The lowest BCUT2D eigenvalue weighted by Gasteiger charge is -2.35. The van der Waals surface area contributed by atoms with Crippen LogP contribution in [0.15, 0.2) is 73.1 Å². The lowest BCUT2D eigenvalue weighted by molar-refractivity contribution is -0.143. The third-order valence-corrected chi connectivity index (χ3v) is 5.68. The van der Waals surface area contributed by atoms with Crippen molar-refractivity contribution in [2.24, 2.45) is 0 Å². The van der Waals surface area contributed by atoms with E-state index in [1.807, 2.05) is 36.4 Å². The Morgan fingerprint density at radius 3 is 2.76 bits per heavy atom. The standard InChI is InChI=1S/C26H26FN3O3/c27-22-10-3-4-11-24(22)33-16-6-12-25(31)30-15-14-29-26(32)23(30)17-19-7-1-2-9-21(19)20-8-5-13-28-18-20/h1-5,7-11,13,18,23H,6,12,14-17H2,(H,29,32). The predicted molar refractivity (Wildman–Crippen MR) is 123 cm³/mol. The summed E-state index contributed by atoms with van der Waals surface area (Å²) in [4.78, 5) is 31.6. The second-order valence-electron chi connectivity index (χ2n) is 7.88. The Balaban J connectivity index is 1.42. The second kappa shape index (κ2) is 10.7. The second-order valence-corrected chi connectivity index (χ2v) is 7.88. The first-order chi connectivity index (χ1) is 16.1. The van der Waals surface area contributed by atoms with E-state index in [0.717, 1.165) is 16.7 Å². The van der Waals surface area contributed by atoms with Crippen molar-refractivity contribution in [2.45, 2.75) is 25.3 Å². The highest BCUT2D eigenvalue weighted by Crippen LogP contribution is 2.25. The van der Waals surface area contributed by atoms with Gasteiger partial charge in [-0.2, -0.15) is 0 Å². The summed E-state index contributed by atoms with van der Waals surface area (Å²) in [5, 5.41) is 2.88. The number of hydrogen-bond acceptors (Lipinski definition) is 4. The number of piperazine rings is 1. The van der Waals surface area contributed by atoms with Gasteiger partial charge in [-0.05, 0) is 35.7 Å². The molecule has 0 spiro atoms. The Labute approximate surface area is 192 Å². The number of para-hydroxylation sites is 1. The van der Waals surface area contributed by atoms with E-state index in [4.69, 9.17) is 4.74 Å². The van der Waals surface area contributed by atoms with Crippen LogP contribution < -0.4 is 10.1 Å². The van der Waals surface area contributed by atoms with Gasteiger partial charge in [0, 0.05) is 43.9 Å². The Kier molecular flexibility index (Phi) is 7.29. The number of rotatable bonds is 8. The normalized spacial score (nSPS) is 15.7. The summed E-state index contributed by atoms with van der Waals surface area (Å²) in [5.41, 5.74) is 2.94. The molecule has 0 radical (unpaired) electrons. The minimum atomic E-state index is -0.587. The summed E-state index contributed by atoms with van der Waals surface area (Å²) in [7, 11) is 0. The van der Waals surface area contributed by atoms with Crippen molar-refractivity contribution in [1.82, 2.24) is 15.2 Å². The molecule has 0 aliphatic carbocycles. The number of carbonyl (C=O) groups excluding carboxylic acids is 2. The number of nitrogens with zero attached hydrogens (tertiary/aromatic N) is 2. The SMILES string of the molecule is O=C1NCCN(C(=O)CCCOc2ccccc2F)C1Cc1ccccc1-c1cccnc1. The van der Waals surface area contributed by atoms with Crippen LogP contribution in [0.5, 0.6) is 5.75 Å². The molecule has 33 heavy (non-hydrogen) atoms. The summed E-state index contributed by atoms with van der Waals surface area (Å²) in [6.45, 7) is 1.11. The quantitative estimate of drug-likeness (QED) is 0.536. The summed E-state index contributed by atoms with van der Waals surface area (Å²) in [6.07, 6.45) is 4.58. The van der Waals surface area contributed by atoms with Crippen molar-refractivity contribution < 1.29 is 18.7 Å². The molecular weight excluding hydrogens is 421 g/mol. The number of benzene rings is 2. The van der Waals surface area contributed by atoms with Gasteiger partial charge in [-0.3, -0.25) is 14.6 Å². The highest BCUT2D eigenvalue weighted by atomic mass is 19.1. The van der Waals surface area contributed by atoms with E-state index in [1.165, 1.54) is 6.07 Å². The van der Waals surface area contributed by atoms with E-state index in [-0.39, 0.29) is 30.6 Å². The summed E-state index contributed by atoms with van der Waals surface area (Å²) in [5.74, 6) is -0.514. The Morgan fingerprint density at radius 2 is 1.94 bits per heavy atom. The van der Waals surface area contributed by atoms with Gasteiger partial charge in [-0.15, -0.1) is 0 Å². The first-order valence-electron chi connectivity index (χ1n) is 11.1. The zero-order valence-electron chi connectivity index (χ0n) is 18.2. The fraction of sp³-hybridized carbons (Fsp3) is 0.269. The molecule has 1 aromatic heterocycles. The molecular formula is C26H26FN3O3. The van der Waals surface area contributed by atoms with Gasteiger partial charge >= 0.3 is 0 Å². The Bertz CT molecular complexity index is 1110. The molecule has 1 atom stereocenters. The zero-order valence-corrected chi connectivity index (χ0v) is 18.2. The van der Waals surface area contributed by atoms with Gasteiger partial charge < -0.3 is 15.0 Å². The lowest BCUT2D eigenvalue weighted by Crippen LogP contribution is -2.58. The monoisotopic (exact) mass is 447 g/mol. The summed E-state index contributed by atoms with van der Waals surface area (Å²) >= 11 is 0. The van der Waals surface area contributed by atoms with Crippen molar-refractivity contribution in [2.75, 3.05) is 19.7 Å². The third kappa shape index (κ3) is 5.55. The highest BCUT2D eigenvalue weighted by Gasteiger charge is 2.33. The number of halogens is 1. The van der Waals surface area contributed by atoms with E-state index in [1.54, 1.807) is 35.5 Å². The maximum absolute atomic E-state index is 13.7. The Morgan fingerprint density at radius 1 is 1.12 bits per heavy atom. The van der Waals surface area contributed by atoms with Gasteiger partial charge in [0.2, 0.25) is 11.8 Å². The average molecular weight is 448 g/mol. The minimum Gasteiger partial charge on any atom is -0.491 e. The number of ether oxygens (including phenoxy) is 1. The molecule has 2 amide bonds. The molecule has 1 fully saturated rings. The van der Waals surface area contributed by atoms with Crippen LogP contribution in [0.1, 0.15) is 18.4 Å². The molecule has 1 aliphatic rings. The van der Waals surface area contributed by atoms with Gasteiger partial charge in [0.05, 0.1) is 6.61 Å². The number of hydrogen-bond donors (Lipinski definition) is 1. The zero-order chi connectivity index (χ0) is 23.0. The molecule has 3 aromatic rings. The van der Waals surface area contributed by atoms with Crippen LogP contribution in [0.4, 0.5) is 4.39 Å². The van der Waals surface area contributed by atoms with Crippen molar-refractivity contribution in [3.63, 3.8) is 0 Å². The van der Waals surface area contributed by atoms with Crippen LogP contribution in [0.25, 0.3) is 11.1 Å². The van der Waals surface area contributed by atoms with Crippen LogP contribution in [0, 0.1) is 5.82 Å². The first kappa shape index (κ1) is 22.5. The van der Waals surface area contributed by atoms with Gasteiger partial charge in [0.15, 0.2) is 11.6 Å². The topological polar surface area (TPSA) is 71.5 Å². The van der Waals surface area contributed by atoms with Crippen LogP contribution >= 0.6 is 0 Å². The Hall–Kier alpha value is -3.74. The van der Waals surface area contributed by atoms with E-state index < -0.39 is 11.9 Å². The van der Waals surface area contributed by atoms with Crippen LogP contribution in [0.2, 0.25) is 0 Å². The minimum absolute atomic E-state index is 0.106. The molecule has 2 heterocycles. The van der Waals surface area contributed by atoms with Crippen LogP contribution in [0.3, 0.4) is 0 Å². The molecule has 1 aliphatic heterocycles. The molecule has 2 aromatic carbocycles. The third-order valence-electron chi connectivity index (χ3n) is 5.68. The number of nitrogens with one attached hydrogen (secondary N) is 1. The largest absolute Gasteiger partial charge is 0.491 e. The van der Waals surface area contributed by atoms with Gasteiger partial charge in [0.1, 0.15) is 6.04 Å². The van der Waals surface area contributed by atoms with Gasteiger partial charge in [-0.1, -0.05) is 42.5 Å². The first-order valence-corrected chi connectivity index (χ1v) is 11.1. The number of aromatic nitrogens is 1. The molecule has 170 valence electrons. The van der Waals surface area contributed by atoms with E-state index in [2.05, 4.69) is 10.3 Å². The molecule has 7 heteroatoms. The molecule has 0 bridgehead atoms. The summed E-state index contributed by atoms with van der Waals surface area (Å²) < 4.78 is 19.1. The molecule has 1 unspecified atom stereocenters. The highest BCUT2D eigenvalue weighted by molar-refractivity contribution is 5.89. The maximum atomic E-state index is 13.7. The van der Waals surface area contributed by atoms with E-state index in [0.29, 0.717) is 25.9 Å². The molecule has 0 saturated carbocycles. The number of carbonyl (C=O) groups is 2. The fourth-order valence-electron chi connectivity index (χ4n) is 4.04. The van der Waals surface area contributed by atoms with Gasteiger partial charge in [-0.25, -0.2) is 4.39 Å². The molecule has 1 N–H and O–H groups in total. The number of pyridine rings is 1. The van der Waals surface area contributed by atoms with E-state index >= 15 is 0 Å². The lowest BCUT2D eigenvalue weighted by atomic mass is 9.94. The van der Waals surface area contributed by atoms with Crippen LogP contribution in [-0.2, 0) is 16.0 Å². The van der Waals surface area contributed by atoms with Crippen LogP contribution in [-0.4, -0.2) is 47.4 Å². The van der Waals surface area contributed by atoms with Crippen molar-refractivity contribution in [1.29, 1.82) is 0 Å². The number of amides is 2. The molecule has 6 nitrogen and oxygen atoms in total. The summed E-state index contributed by atoms with van der Waals surface area (Å²) in [6, 6.07) is 17.3. The fourth-order valence-corrected chi connectivity index (χ4v) is 4.04. The smallest absolute Gasteiger partial charge is 0.243 e. The van der Waals surface area contributed by atoms with Crippen molar-refractivity contribution in [3.05, 3.63) is 84.4 Å². The van der Waals surface area contributed by atoms with Crippen molar-refractivity contribution in [3.8, 4) is 16.9 Å². The van der Waals surface area contributed by atoms with Crippen molar-refractivity contribution >= 4 is 11.8 Å². The molecule has 4 rings (SSSR count). The predicted octanol–water partition coefficient (Wildman–Crippen LogP) is 3.62. The molecule has 1 saturated heterocycles. The average Bonchev–Trinajstić information content (AvgIpc) is 2.85. The van der Waals surface area contributed by atoms with E-state index in [9.17, 15) is 14.0 Å². The maximum Gasteiger partial charge on any atom is 0.243 e. The van der Waals surface area contributed by atoms with Gasteiger partial charge in [0.25, 0.3) is 0 Å².